The van der Waals surface area contributed by atoms with Crippen molar-refractivity contribution in [2.24, 2.45) is 21.7 Å². The van der Waals surface area contributed by atoms with Gasteiger partial charge in [-0.05, 0) is 223 Å². The second kappa shape index (κ2) is 34.2. The molecule has 24 rings (SSSR count). The maximum Gasteiger partial charge on any atom is 0.145 e. The zero-order valence-corrected chi connectivity index (χ0v) is 76.0. The van der Waals surface area contributed by atoms with E-state index in [2.05, 4.69) is 163 Å². The van der Waals surface area contributed by atoms with Gasteiger partial charge in [-0.15, -0.1) is 0 Å². The third-order valence-corrected chi connectivity index (χ3v) is 31.3. The molecule has 132 heavy (non-hydrogen) atoms. The molecule has 20 unspecified atom stereocenters. The summed E-state index contributed by atoms with van der Waals surface area (Å²) in [6, 6.07) is 47.3. The lowest BCUT2D eigenvalue weighted by Gasteiger charge is -2.27. The Labute approximate surface area is 775 Å². The topological polar surface area (TPSA) is 485 Å². The van der Waals surface area contributed by atoms with Gasteiger partial charge in [-0.1, -0.05) is 55.5 Å². The van der Waals surface area contributed by atoms with Crippen LogP contribution in [0.15, 0.2) is 205 Å². The largest absolute Gasteiger partial charge is 0.390 e. The summed E-state index contributed by atoms with van der Waals surface area (Å²) in [5.74, 6) is 2.69. The molecule has 20 N–H and O–H groups in total. The molecule has 16 heterocycles. The number of hydrogen-bond acceptors (Lipinski definition) is 28. The van der Waals surface area contributed by atoms with Gasteiger partial charge in [-0.25, -0.2) is 54.8 Å². The molecule has 34 heteroatoms. The number of nitrogens with two attached hydrogens (primary N) is 4. The number of benzene rings is 4. The third-order valence-electron chi connectivity index (χ3n) is 30.0. The first-order valence-electron chi connectivity index (χ1n) is 45.1. The number of nitrogens with zero attached hydrogens (tertiary/aromatic N) is 15. The molecule has 0 amide bonds. The molecule has 8 fully saturated rings. The number of aliphatic hydroxyl groups excluding tert-OH is 8. The fourth-order valence-corrected chi connectivity index (χ4v) is 23.5. The van der Waals surface area contributed by atoms with Gasteiger partial charge in [0.25, 0.3) is 0 Å². The molecule has 12 aromatic heterocycles. The van der Waals surface area contributed by atoms with Gasteiger partial charge in [0.05, 0.1) is 109 Å². The Balaban J connectivity index is 0.000000106. The minimum atomic E-state index is -0.930. The van der Waals surface area contributed by atoms with Crippen molar-refractivity contribution in [2.75, 3.05) is 61.0 Å². The van der Waals surface area contributed by atoms with Crippen molar-refractivity contribution in [3.63, 3.8) is 0 Å². The standard InChI is InChI=1S/C26H29BrN6O3.C24H25BrN6O2.C24H26N6O2.C24H25N5O2/c1-2-6-29-24-16-5-7-33(25(16)31-13-30-24)19-10-26(22(35)21(19)34)11-20(36-12-26)15-4-3-14-8-17(27)23(28)32-18(14)9-15;1-12-15-4-5-31(23(15)29-11-28-12)19-9-24(21(33)20(19)32)8-18(27-10-24)14-3-2-13-6-16(25)22(26)30-17(13)7-14;1-13-16-6-7-30(23(16)28-12-27-13)19-10-24(22(32)21(19)31)9-18(26-11-24)15-3-2-14-4-5-20(25)29-17(14)8-15;25-20-6-5-14-3-4-16(10-17(14)28-20)18-11-24(13-27-18)12-19(21(30)22(24)31)29-9-7-15-2-1-8-26-23(15)29/h3-5,7-9,13,19-22,34-35H,2,6,10-12H2,1H3,(H2,28,32)(H,29,30,31);2-7,11,18-21,27,32-33H,8-10H2,1H3,(H2,26,30);2-8,12,18-19,21-22,26,31-32H,9-11H2,1H3,(H2,25,29);1-10,18-19,21-22,27,30-31H,11-13H2,(H2,25,28). The van der Waals surface area contributed by atoms with E-state index in [9.17, 15) is 40.9 Å². The van der Waals surface area contributed by atoms with Crippen molar-refractivity contribution in [2.45, 2.75) is 176 Å². The van der Waals surface area contributed by atoms with E-state index in [1.54, 1.807) is 31.0 Å². The molecule has 20 atom stereocenters. The zero-order valence-electron chi connectivity index (χ0n) is 72.9. The average Bonchev–Trinajstić information content (AvgIpc) is 1.59. The second-order valence-electron chi connectivity index (χ2n) is 37.8. The number of nitrogen functional groups attached to an aromatic ring is 4. The van der Waals surface area contributed by atoms with Crippen molar-refractivity contribution >= 4 is 149 Å². The van der Waals surface area contributed by atoms with E-state index in [4.69, 9.17) is 27.7 Å². The van der Waals surface area contributed by atoms with E-state index in [0.717, 1.165) is 168 Å². The average molecular weight is 1910 g/mol. The van der Waals surface area contributed by atoms with E-state index in [-0.39, 0.29) is 48.4 Å². The maximum atomic E-state index is 11.2. The summed E-state index contributed by atoms with van der Waals surface area (Å²) in [6.07, 6.45) is 13.6. The van der Waals surface area contributed by atoms with Gasteiger partial charge in [-0.2, -0.15) is 0 Å². The van der Waals surface area contributed by atoms with Crippen LogP contribution in [0.2, 0.25) is 0 Å². The Hall–Kier alpha value is -11.5. The number of anilines is 5. The van der Waals surface area contributed by atoms with Gasteiger partial charge in [0.15, 0.2) is 0 Å². The fraction of sp³-hybridized carbons (Fsp3) is 0.378. The SMILES string of the molecule is CCCNc1ncnc2c1ccn2C1CC2(COC(c3ccc4cc(Br)c(N)nc4c3)C2)C(O)C1O.Cc1ncnc2c1ccn2C1CC2(CNC(c3ccc4cc(Br)c(N)nc4c3)C2)C(O)C1O.Cc1ncnc2c1ccn2C1CC2(CNC(c3ccc4ccc(N)nc4c3)C2)C(O)C1O.Nc1ccc2ccc(C3CC4(CN3)CC(n3ccc5cccnc53)C(O)C4O)cc2n1. The Morgan fingerprint density at radius 2 is 0.788 bits per heavy atom. The van der Waals surface area contributed by atoms with Crippen LogP contribution in [0.4, 0.5) is 29.1 Å². The van der Waals surface area contributed by atoms with Crippen molar-refractivity contribution in [3.8, 4) is 0 Å². The molecule has 0 bridgehead atoms. The van der Waals surface area contributed by atoms with Crippen LogP contribution in [0.3, 0.4) is 0 Å². The molecular weight excluding hydrogens is 1800 g/mol. The second-order valence-corrected chi connectivity index (χ2v) is 39.5. The van der Waals surface area contributed by atoms with E-state index in [0.29, 0.717) is 81.6 Å². The Kier molecular flexibility index (Phi) is 22.6. The number of rotatable bonds is 11. The predicted octanol–water partition coefficient (Wildman–Crippen LogP) is 11.8. The van der Waals surface area contributed by atoms with Gasteiger partial charge < -0.3 is 108 Å². The van der Waals surface area contributed by atoms with E-state index >= 15 is 0 Å². The van der Waals surface area contributed by atoms with Crippen molar-refractivity contribution < 1.29 is 45.6 Å². The smallest absolute Gasteiger partial charge is 0.145 e. The highest BCUT2D eigenvalue weighted by atomic mass is 79.9. The monoisotopic (exact) mass is 1910 g/mol. The van der Waals surface area contributed by atoms with E-state index < -0.39 is 70.5 Å². The van der Waals surface area contributed by atoms with Crippen LogP contribution >= 0.6 is 31.9 Å². The van der Waals surface area contributed by atoms with Gasteiger partial charge in [0.1, 0.15) is 95.1 Å². The lowest BCUT2D eigenvalue weighted by Crippen LogP contribution is -2.38. The summed E-state index contributed by atoms with van der Waals surface area (Å²) in [5, 5.41) is 111. The van der Waals surface area contributed by atoms with Crippen molar-refractivity contribution in [1.29, 1.82) is 0 Å². The number of nitrogens with one attached hydrogen (secondary N) is 4. The molecule has 4 aromatic carbocycles. The summed E-state index contributed by atoms with van der Waals surface area (Å²) in [6.45, 7) is 9.12. The normalized spacial score (nSPS) is 29.5. The molecular formula is C98H105Br2N23O9. The molecule has 4 spiro atoms. The fourth-order valence-electron chi connectivity index (χ4n) is 22.9. The van der Waals surface area contributed by atoms with Crippen LogP contribution in [-0.4, -0.2) is 196 Å². The highest BCUT2D eigenvalue weighted by molar-refractivity contribution is 9.11. The van der Waals surface area contributed by atoms with Crippen LogP contribution in [0.1, 0.15) is 147 Å². The molecule has 4 saturated carbocycles. The molecule has 16 aromatic rings. The van der Waals surface area contributed by atoms with Gasteiger partial charge in [-0.3, -0.25) is 0 Å². The lowest BCUT2D eigenvalue weighted by molar-refractivity contribution is -0.0309. The molecule has 0 radical (unpaired) electrons. The number of aryl methyl sites for hydroxylation is 2. The summed E-state index contributed by atoms with van der Waals surface area (Å²) >= 11 is 6.86. The number of aromatic nitrogens is 15. The summed E-state index contributed by atoms with van der Waals surface area (Å²) in [5.41, 5.74) is 34.6. The molecule has 32 nitrogen and oxygen atoms in total. The third kappa shape index (κ3) is 15.3. The molecule has 4 saturated heterocycles. The molecule has 4 aliphatic carbocycles. The molecule has 4 aliphatic heterocycles. The maximum absolute atomic E-state index is 11.2. The quantitative estimate of drug-likeness (QED) is 0.0572. The number of fused-ring (bicyclic) bond motifs is 8. The summed E-state index contributed by atoms with van der Waals surface area (Å²) < 4.78 is 15.8. The zero-order chi connectivity index (χ0) is 91.1. The molecule has 8 aliphatic rings. The Morgan fingerprint density at radius 1 is 0.402 bits per heavy atom. The van der Waals surface area contributed by atoms with Gasteiger partial charge in [0, 0.05) is 135 Å². The first kappa shape index (κ1) is 87.2. The number of hydrogen-bond donors (Lipinski definition) is 16. The first-order valence-corrected chi connectivity index (χ1v) is 46.7. The van der Waals surface area contributed by atoms with Crippen molar-refractivity contribution in [1.82, 2.24) is 89.0 Å². The Bertz CT molecular complexity index is 7130. The number of halogens is 2. The highest BCUT2D eigenvalue weighted by Gasteiger charge is 2.61. The van der Waals surface area contributed by atoms with Gasteiger partial charge in [0.2, 0.25) is 0 Å². The van der Waals surface area contributed by atoms with Crippen LogP contribution in [0.25, 0.3) is 87.7 Å². The first-order chi connectivity index (χ1) is 63.7. The number of ether oxygens (including phenoxy) is 1. The van der Waals surface area contributed by atoms with E-state index in [1.807, 2.05) is 142 Å². The lowest BCUT2D eigenvalue weighted by atomic mass is 9.80. The number of aliphatic hydroxyl groups is 8. The Morgan fingerprint density at radius 3 is 1.26 bits per heavy atom. The van der Waals surface area contributed by atoms with E-state index in [1.165, 1.54) is 6.33 Å². The van der Waals surface area contributed by atoms with Crippen LogP contribution < -0.4 is 44.2 Å². The van der Waals surface area contributed by atoms with Crippen LogP contribution in [0.5, 0.6) is 0 Å². The van der Waals surface area contributed by atoms with Gasteiger partial charge >= 0.3 is 0 Å². The minimum absolute atomic E-state index is 0.0626. The highest BCUT2D eigenvalue weighted by Crippen LogP contribution is 2.59. The molecule has 680 valence electrons. The summed E-state index contributed by atoms with van der Waals surface area (Å²) in [7, 11) is 0. The van der Waals surface area contributed by atoms with Crippen LogP contribution in [0, 0.1) is 35.5 Å². The van der Waals surface area contributed by atoms with Crippen LogP contribution in [-0.2, 0) is 4.74 Å². The van der Waals surface area contributed by atoms with Crippen molar-refractivity contribution in [3.05, 3.63) is 238 Å². The summed E-state index contributed by atoms with van der Waals surface area (Å²) in [4.78, 5) is 48.7. The minimum Gasteiger partial charge on any atom is -0.390 e. The number of pyridine rings is 5. The predicted molar refractivity (Wildman–Crippen MR) is 512 cm³/mol.